The van der Waals surface area contributed by atoms with Gasteiger partial charge in [0.2, 0.25) is 0 Å². The number of nitrogens with one attached hydrogen (secondary N) is 2. The predicted molar refractivity (Wildman–Crippen MR) is 154 cm³/mol. The minimum atomic E-state index is -1.04. The highest BCUT2D eigenvalue weighted by atomic mass is 32.2. The molecule has 3 N–H and O–H groups in total. The second-order valence-corrected chi connectivity index (χ2v) is 11.7. The molecule has 0 spiro atoms. The van der Waals surface area contributed by atoms with Crippen LogP contribution in [-0.2, 0) is 12.1 Å². The summed E-state index contributed by atoms with van der Waals surface area (Å²) in [7, 11) is 0. The van der Waals surface area contributed by atoms with E-state index >= 15 is 0 Å². The van der Waals surface area contributed by atoms with Gasteiger partial charge in [-0.2, -0.15) is 0 Å². The number of thioether (sulfide) groups is 1. The van der Waals surface area contributed by atoms with Crippen LogP contribution < -0.4 is 10.6 Å². The van der Waals surface area contributed by atoms with E-state index in [0.29, 0.717) is 31.7 Å². The van der Waals surface area contributed by atoms with Crippen molar-refractivity contribution in [2.45, 2.75) is 55.8 Å². The van der Waals surface area contributed by atoms with E-state index in [1.165, 1.54) is 0 Å². The molecule has 7 nitrogen and oxygen atoms in total. The lowest BCUT2D eigenvalue weighted by atomic mass is 9.94. The zero-order valence-corrected chi connectivity index (χ0v) is 23.3. The van der Waals surface area contributed by atoms with E-state index in [-0.39, 0.29) is 11.4 Å². The van der Waals surface area contributed by atoms with Gasteiger partial charge < -0.3 is 15.7 Å². The number of nitrogens with zero attached hydrogens (tertiary/aromatic N) is 3. The fraction of sp³-hybridized carbons (Fsp3) is 0.367. The number of likely N-dealkylation sites (tertiary alicyclic amines) is 1. The van der Waals surface area contributed by atoms with Crippen LogP contribution in [0.15, 0.2) is 60.3 Å². The zero-order chi connectivity index (χ0) is 27.7. The van der Waals surface area contributed by atoms with Crippen molar-refractivity contribution in [3.63, 3.8) is 0 Å². The molecule has 204 valence electrons. The third kappa shape index (κ3) is 6.00. The molecular weight excluding hydrogens is 513 g/mol. The van der Waals surface area contributed by atoms with E-state index in [1.54, 1.807) is 38.0 Å². The number of carbonyl (C=O) groups is 1. The van der Waals surface area contributed by atoms with Crippen molar-refractivity contribution in [1.29, 1.82) is 0 Å². The summed E-state index contributed by atoms with van der Waals surface area (Å²) in [6.45, 7) is 12.0. The summed E-state index contributed by atoms with van der Waals surface area (Å²) < 4.78 is 13.8. The SMILES string of the molecule is C=C1c2cc(-c3ccc(C(C)(C)O)nc3)cc(-c3cc(CN4CCC(F)C4)ccn3)c2SC1NC(=O)NCC. The lowest BCUT2D eigenvalue weighted by Crippen LogP contribution is -2.39. The minimum absolute atomic E-state index is 0.242. The molecule has 0 saturated carbocycles. The first-order chi connectivity index (χ1) is 18.6. The Kier molecular flexibility index (Phi) is 7.75. The molecule has 3 aromatic rings. The van der Waals surface area contributed by atoms with Crippen molar-refractivity contribution in [1.82, 2.24) is 25.5 Å². The standard InChI is InChI=1S/C30H34FN5O2S/c1-5-32-29(37)35-28-18(2)23-13-21(20-6-7-26(34-15-20)30(3,4)38)14-24(27(23)39-28)25-12-19(8-10-33-25)16-36-11-9-22(31)17-36/h6-8,10,12-15,22,28,38H,2,5,9,11,16-17H2,1,3-4H3,(H2,32,35,37). The maximum atomic E-state index is 13.8. The Labute approximate surface area is 232 Å². The predicted octanol–water partition coefficient (Wildman–Crippen LogP) is 5.35. The van der Waals surface area contributed by atoms with Crippen LogP contribution in [0, 0.1) is 0 Å². The van der Waals surface area contributed by atoms with Gasteiger partial charge in [0.15, 0.2) is 0 Å². The van der Waals surface area contributed by atoms with Crippen molar-refractivity contribution in [2.24, 2.45) is 0 Å². The van der Waals surface area contributed by atoms with Crippen LogP contribution in [0.1, 0.15) is 44.0 Å². The molecule has 2 unspecified atom stereocenters. The van der Waals surface area contributed by atoms with E-state index in [4.69, 9.17) is 4.98 Å². The number of pyridine rings is 2. The van der Waals surface area contributed by atoms with Crippen LogP contribution in [0.3, 0.4) is 0 Å². The molecule has 39 heavy (non-hydrogen) atoms. The number of urea groups is 1. The van der Waals surface area contributed by atoms with Gasteiger partial charge in [-0.05, 0) is 79.8 Å². The third-order valence-electron chi connectivity index (χ3n) is 7.03. The van der Waals surface area contributed by atoms with Crippen molar-refractivity contribution in [3.8, 4) is 22.4 Å². The van der Waals surface area contributed by atoms with Gasteiger partial charge >= 0.3 is 6.03 Å². The highest BCUT2D eigenvalue weighted by Crippen LogP contribution is 2.49. The summed E-state index contributed by atoms with van der Waals surface area (Å²) in [4.78, 5) is 24.7. The van der Waals surface area contributed by atoms with Crippen LogP contribution in [0.5, 0.6) is 0 Å². The molecule has 2 aromatic heterocycles. The Morgan fingerprint density at radius 1 is 1.21 bits per heavy atom. The minimum Gasteiger partial charge on any atom is -0.384 e. The molecule has 4 heterocycles. The molecule has 1 fully saturated rings. The summed E-state index contributed by atoms with van der Waals surface area (Å²) in [5.74, 6) is 0. The Hall–Kier alpha value is -3.27. The lowest BCUT2D eigenvalue weighted by Gasteiger charge is -2.17. The number of hydrogen-bond acceptors (Lipinski definition) is 6. The average molecular weight is 548 g/mol. The van der Waals surface area contributed by atoms with Gasteiger partial charge in [-0.3, -0.25) is 14.9 Å². The fourth-order valence-electron chi connectivity index (χ4n) is 4.96. The zero-order valence-electron chi connectivity index (χ0n) is 22.5. The summed E-state index contributed by atoms with van der Waals surface area (Å²) in [5, 5.41) is 15.8. The number of amides is 2. The van der Waals surface area contributed by atoms with Gasteiger partial charge in [0.25, 0.3) is 0 Å². The molecule has 2 aliphatic heterocycles. The van der Waals surface area contributed by atoms with Crippen LogP contribution in [0.4, 0.5) is 9.18 Å². The molecule has 2 atom stereocenters. The van der Waals surface area contributed by atoms with Gasteiger partial charge in [-0.25, -0.2) is 9.18 Å². The Morgan fingerprint density at radius 3 is 2.67 bits per heavy atom. The number of rotatable bonds is 7. The molecule has 9 heteroatoms. The van der Waals surface area contributed by atoms with Gasteiger partial charge in [0.05, 0.1) is 11.4 Å². The first-order valence-electron chi connectivity index (χ1n) is 13.2. The second-order valence-electron chi connectivity index (χ2n) is 10.6. The van der Waals surface area contributed by atoms with E-state index in [2.05, 4.69) is 45.3 Å². The van der Waals surface area contributed by atoms with E-state index in [0.717, 1.165) is 50.5 Å². The number of alkyl halides is 1. The van der Waals surface area contributed by atoms with Gasteiger partial charge in [0, 0.05) is 54.6 Å². The van der Waals surface area contributed by atoms with Crippen LogP contribution in [-0.4, -0.2) is 57.2 Å². The fourth-order valence-corrected chi connectivity index (χ4v) is 6.24. The topological polar surface area (TPSA) is 90.4 Å². The van der Waals surface area contributed by atoms with Gasteiger partial charge in [-0.1, -0.05) is 24.4 Å². The highest BCUT2D eigenvalue weighted by molar-refractivity contribution is 8.01. The third-order valence-corrected chi connectivity index (χ3v) is 8.35. The Balaban J connectivity index is 1.54. The van der Waals surface area contributed by atoms with E-state index < -0.39 is 11.8 Å². The van der Waals surface area contributed by atoms with Crippen molar-refractivity contribution < 1.29 is 14.3 Å². The summed E-state index contributed by atoms with van der Waals surface area (Å²) in [6, 6.07) is 11.7. The molecule has 2 aliphatic rings. The number of aromatic nitrogens is 2. The summed E-state index contributed by atoms with van der Waals surface area (Å²) >= 11 is 1.55. The number of carbonyl (C=O) groups excluding carboxylic acids is 1. The van der Waals surface area contributed by atoms with Crippen molar-refractivity contribution in [3.05, 3.63) is 72.2 Å². The summed E-state index contributed by atoms with van der Waals surface area (Å²) in [5.41, 5.74) is 5.97. The normalized spacial score (nSPS) is 19.3. The molecule has 0 radical (unpaired) electrons. The molecule has 0 aliphatic carbocycles. The van der Waals surface area contributed by atoms with Crippen LogP contribution in [0.25, 0.3) is 28.0 Å². The molecule has 5 rings (SSSR count). The van der Waals surface area contributed by atoms with Crippen LogP contribution >= 0.6 is 11.8 Å². The second kappa shape index (κ2) is 11.1. The van der Waals surface area contributed by atoms with Crippen LogP contribution in [0.2, 0.25) is 0 Å². The monoisotopic (exact) mass is 547 g/mol. The molecule has 2 amide bonds. The van der Waals surface area contributed by atoms with E-state index in [1.807, 2.05) is 25.1 Å². The van der Waals surface area contributed by atoms with Gasteiger partial charge in [0.1, 0.15) is 17.1 Å². The first kappa shape index (κ1) is 27.3. The number of benzene rings is 1. The van der Waals surface area contributed by atoms with E-state index in [9.17, 15) is 14.3 Å². The maximum absolute atomic E-state index is 13.8. The quantitative estimate of drug-likeness (QED) is 0.370. The summed E-state index contributed by atoms with van der Waals surface area (Å²) in [6.07, 6.45) is 3.37. The van der Waals surface area contributed by atoms with Crippen molar-refractivity contribution >= 4 is 23.4 Å². The number of halogens is 1. The average Bonchev–Trinajstić information content (AvgIpc) is 3.45. The van der Waals surface area contributed by atoms with Gasteiger partial charge in [-0.15, -0.1) is 0 Å². The maximum Gasteiger partial charge on any atom is 0.315 e. The molecule has 1 saturated heterocycles. The number of fused-ring (bicyclic) bond motifs is 1. The van der Waals surface area contributed by atoms with Crippen molar-refractivity contribution in [2.75, 3.05) is 19.6 Å². The highest BCUT2D eigenvalue weighted by Gasteiger charge is 2.31. The molecular formula is C30H34FN5O2S. The number of aliphatic hydroxyl groups is 1. The molecule has 1 aromatic carbocycles. The largest absolute Gasteiger partial charge is 0.384 e. The number of hydrogen-bond donors (Lipinski definition) is 3. The smallest absolute Gasteiger partial charge is 0.315 e. The molecule has 0 bridgehead atoms. The first-order valence-corrected chi connectivity index (χ1v) is 14.1. The Bertz CT molecular complexity index is 1390. The lowest BCUT2D eigenvalue weighted by molar-refractivity contribution is 0.0739. The Morgan fingerprint density at radius 2 is 2.00 bits per heavy atom.